The molecule has 1 aromatic heterocycles. The summed E-state index contributed by atoms with van der Waals surface area (Å²) in [5.74, 6) is 1.12. The average molecular weight is 353 g/mol. The lowest BCUT2D eigenvalue weighted by molar-refractivity contribution is 0.102. The third-order valence-corrected chi connectivity index (χ3v) is 3.67. The van der Waals surface area contributed by atoms with E-state index >= 15 is 0 Å². The molecule has 0 aliphatic rings. The number of nitrogens with one attached hydrogen (secondary N) is 1. The van der Waals surface area contributed by atoms with Crippen LogP contribution in [0.2, 0.25) is 0 Å². The van der Waals surface area contributed by atoms with E-state index in [2.05, 4.69) is 15.6 Å². The Labute approximate surface area is 150 Å². The van der Waals surface area contributed by atoms with Gasteiger partial charge in [-0.2, -0.15) is 0 Å². The molecule has 0 aliphatic heterocycles. The minimum Gasteiger partial charge on any atom is -0.496 e. The van der Waals surface area contributed by atoms with Crippen molar-refractivity contribution < 1.29 is 18.9 Å². The van der Waals surface area contributed by atoms with E-state index in [4.69, 9.17) is 14.1 Å². The zero-order chi connectivity index (χ0) is 18.4. The van der Waals surface area contributed by atoms with E-state index in [-0.39, 0.29) is 11.7 Å². The van der Waals surface area contributed by atoms with Crippen LogP contribution in [0.25, 0.3) is 11.3 Å². The Bertz CT molecular complexity index is 875. The van der Waals surface area contributed by atoms with Crippen molar-refractivity contribution in [2.45, 2.75) is 13.3 Å². The van der Waals surface area contributed by atoms with Crippen LogP contribution in [0, 0.1) is 0 Å². The van der Waals surface area contributed by atoms with Crippen LogP contribution in [0.4, 0.5) is 5.82 Å². The first-order valence-electron chi connectivity index (χ1n) is 8.23. The van der Waals surface area contributed by atoms with E-state index in [1.165, 1.54) is 7.11 Å². The number of ether oxygens (including phenoxy) is 2. The van der Waals surface area contributed by atoms with E-state index in [0.29, 0.717) is 23.6 Å². The number of anilines is 1. The van der Waals surface area contributed by atoms with E-state index in [1.807, 2.05) is 31.2 Å². The molecule has 0 spiro atoms. The predicted octanol–water partition coefficient (Wildman–Crippen LogP) is 3.79. The third-order valence-electron chi connectivity index (χ3n) is 3.67. The largest absolute Gasteiger partial charge is 0.496 e. The summed E-state index contributed by atoms with van der Waals surface area (Å²) < 4.78 is 15.6. The molecule has 1 amide bonds. The number of carbonyl (C=O) groups is 1. The van der Waals surface area contributed by atoms with E-state index < -0.39 is 0 Å². The zero-order valence-corrected chi connectivity index (χ0v) is 14.6. The van der Waals surface area contributed by atoms with Gasteiger partial charge in [0.1, 0.15) is 11.5 Å². The first-order chi connectivity index (χ1) is 12.7. The molecular weight excluding hydrogens is 334 g/mol. The van der Waals surface area contributed by atoms with Crippen molar-refractivity contribution >= 4 is 11.7 Å². The number of methoxy groups -OCH3 is 1. The Morgan fingerprint density at radius 2 is 1.88 bits per heavy atom. The number of nitrogens with zero attached hydrogens (tertiary/aromatic N) is 2. The lowest BCUT2D eigenvalue weighted by Gasteiger charge is -2.08. The number of hydrogen-bond acceptors (Lipinski definition) is 6. The summed E-state index contributed by atoms with van der Waals surface area (Å²) in [6.07, 6.45) is 0.939. The molecule has 1 N–H and O–H groups in total. The lowest BCUT2D eigenvalue weighted by atomic mass is 10.1. The molecule has 0 saturated heterocycles. The Morgan fingerprint density at radius 1 is 1.12 bits per heavy atom. The van der Waals surface area contributed by atoms with Crippen molar-refractivity contribution in [3.63, 3.8) is 0 Å². The van der Waals surface area contributed by atoms with E-state index in [0.717, 1.165) is 17.7 Å². The van der Waals surface area contributed by atoms with Crippen molar-refractivity contribution in [3.05, 3.63) is 54.1 Å². The topological polar surface area (TPSA) is 86.5 Å². The summed E-state index contributed by atoms with van der Waals surface area (Å²) in [5, 5.41) is 10.4. The number of amides is 1. The number of aromatic nitrogens is 2. The molecule has 3 rings (SSSR count). The first kappa shape index (κ1) is 17.5. The van der Waals surface area contributed by atoms with Crippen LogP contribution in [-0.4, -0.2) is 29.9 Å². The Balaban J connectivity index is 1.79. The Kier molecular flexibility index (Phi) is 5.48. The zero-order valence-electron chi connectivity index (χ0n) is 14.6. The lowest BCUT2D eigenvalue weighted by Crippen LogP contribution is -2.14. The normalized spacial score (nSPS) is 10.4. The van der Waals surface area contributed by atoms with Gasteiger partial charge in [0.25, 0.3) is 5.91 Å². The van der Waals surface area contributed by atoms with Crippen LogP contribution < -0.4 is 14.8 Å². The summed E-state index contributed by atoms with van der Waals surface area (Å²) >= 11 is 0. The number of para-hydroxylation sites is 1. The second-order valence-electron chi connectivity index (χ2n) is 5.49. The number of carbonyl (C=O) groups excluding carboxylic acids is 1. The molecule has 7 nitrogen and oxygen atoms in total. The maximum absolute atomic E-state index is 12.5. The monoisotopic (exact) mass is 353 g/mol. The molecular formula is C19H19N3O4. The fraction of sp³-hybridized carbons (Fsp3) is 0.211. The maximum atomic E-state index is 12.5. The Morgan fingerprint density at radius 3 is 2.62 bits per heavy atom. The molecule has 26 heavy (non-hydrogen) atoms. The van der Waals surface area contributed by atoms with Gasteiger partial charge in [0.05, 0.1) is 19.3 Å². The van der Waals surface area contributed by atoms with Gasteiger partial charge in [-0.1, -0.05) is 19.1 Å². The first-order valence-corrected chi connectivity index (χ1v) is 8.23. The van der Waals surface area contributed by atoms with Crippen LogP contribution in [-0.2, 0) is 0 Å². The Hall–Kier alpha value is -3.35. The minimum absolute atomic E-state index is 0.239. The van der Waals surface area contributed by atoms with Crippen molar-refractivity contribution in [3.8, 4) is 22.8 Å². The highest BCUT2D eigenvalue weighted by molar-refractivity contribution is 6.07. The van der Waals surface area contributed by atoms with Gasteiger partial charge in [0.2, 0.25) is 5.82 Å². The minimum atomic E-state index is -0.359. The van der Waals surface area contributed by atoms with Crippen molar-refractivity contribution in [2.75, 3.05) is 19.0 Å². The summed E-state index contributed by atoms with van der Waals surface area (Å²) in [6.45, 7) is 2.71. The van der Waals surface area contributed by atoms with Gasteiger partial charge in [0, 0.05) is 5.56 Å². The summed E-state index contributed by atoms with van der Waals surface area (Å²) in [7, 11) is 1.51. The van der Waals surface area contributed by atoms with Gasteiger partial charge in [-0.25, -0.2) is 4.63 Å². The molecule has 0 aliphatic carbocycles. The highest BCUT2D eigenvalue weighted by atomic mass is 16.6. The molecule has 0 radical (unpaired) electrons. The summed E-state index contributed by atoms with van der Waals surface area (Å²) in [5.41, 5.74) is 1.59. The highest BCUT2D eigenvalue weighted by Crippen LogP contribution is 2.27. The fourth-order valence-electron chi connectivity index (χ4n) is 2.40. The SMILES string of the molecule is CCCOc1ccc(-c2nonc2NC(=O)c2ccccc2OC)cc1. The van der Waals surface area contributed by atoms with Gasteiger partial charge in [0.15, 0.2) is 5.69 Å². The third kappa shape index (κ3) is 3.83. The fourth-order valence-corrected chi connectivity index (χ4v) is 2.40. The van der Waals surface area contributed by atoms with Crippen LogP contribution >= 0.6 is 0 Å². The molecule has 2 aromatic carbocycles. The molecule has 1 heterocycles. The standard InChI is InChI=1S/C19H19N3O4/c1-3-12-25-14-10-8-13(9-11-14)17-18(22-26-21-17)20-19(23)15-6-4-5-7-16(15)24-2/h4-11H,3,12H2,1-2H3,(H,20,22,23). The van der Waals surface area contributed by atoms with E-state index in [1.54, 1.807) is 24.3 Å². The van der Waals surface area contributed by atoms with Crippen molar-refractivity contribution in [1.29, 1.82) is 0 Å². The quantitative estimate of drug-likeness (QED) is 0.695. The van der Waals surface area contributed by atoms with Gasteiger partial charge >= 0.3 is 0 Å². The molecule has 134 valence electrons. The summed E-state index contributed by atoms with van der Waals surface area (Å²) in [4.78, 5) is 12.5. The molecule has 0 saturated carbocycles. The second-order valence-corrected chi connectivity index (χ2v) is 5.49. The number of benzene rings is 2. The predicted molar refractivity (Wildman–Crippen MR) is 96.5 cm³/mol. The van der Waals surface area contributed by atoms with Gasteiger partial charge in [-0.3, -0.25) is 4.79 Å². The number of hydrogen-bond donors (Lipinski definition) is 1. The van der Waals surface area contributed by atoms with Crippen molar-refractivity contribution in [2.24, 2.45) is 0 Å². The molecule has 0 bridgehead atoms. The van der Waals surface area contributed by atoms with Gasteiger partial charge in [-0.05, 0) is 53.1 Å². The average Bonchev–Trinajstić information content (AvgIpc) is 3.14. The van der Waals surface area contributed by atoms with Crippen molar-refractivity contribution in [1.82, 2.24) is 10.3 Å². The molecule has 3 aromatic rings. The van der Waals surface area contributed by atoms with Crippen LogP contribution in [0.5, 0.6) is 11.5 Å². The van der Waals surface area contributed by atoms with E-state index in [9.17, 15) is 4.79 Å². The molecule has 7 heteroatoms. The molecule has 0 fully saturated rings. The van der Waals surface area contributed by atoms with Crippen LogP contribution in [0.1, 0.15) is 23.7 Å². The number of rotatable bonds is 7. The maximum Gasteiger partial charge on any atom is 0.260 e. The van der Waals surface area contributed by atoms with Gasteiger partial charge < -0.3 is 14.8 Å². The van der Waals surface area contributed by atoms with Gasteiger partial charge in [-0.15, -0.1) is 0 Å². The molecule has 0 unspecified atom stereocenters. The molecule has 0 atom stereocenters. The van der Waals surface area contributed by atoms with Crippen LogP contribution in [0.3, 0.4) is 0 Å². The van der Waals surface area contributed by atoms with Crippen LogP contribution in [0.15, 0.2) is 53.2 Å². The highest BCUT2D eigenvalue weighted by Gasteiger charge is 2.18. The summed E-state index contributed by atoms with van der Waals surface area (Å²) in [6, 6.07) is 14.3. The smallest absolute Gasteiger partial charge is 0.260 e. The second kappa shape index (κ2) is 8.15.